The highest BCUT2D eigenvalue weighted by atomic mass is 32.1. The lowest BCUT2D eigenvalue weighted by atomic mass is 9.95. The van der Waals surface area contributed by atoms with E-state index in [1.165, 1.54) is 35.1 Å². The quantitative estimate of drug-likeness (QED) is 0.200. The minimum atomic E-state index is 0.790. The van der Waals surface area contributed by atoms with Gasteiger partial charge in [0, 0.05) is 0 Å². The molecule has 0 amide bonds. The van der Waals surface area contributed by atoms with Crippen molar-refractivity contribution in [1.29, 1.82) is 0 Å². The first-order valence-electron chi connectivity index (χ1n) is 10.3. The van der Waals surface area contributed by atoms with Gasteiger partial charge in [-0.05, 0) is 78.0 Å². The second kappa shape index (κ2) is 11.3. The lowest BCUT2D eigenvalue weighted by molar-refractivity contribution is 0.306. The summed E-state index contributed by atoms with van der Waals surface area (Å²) in [7, 11) is 0. The molecule has 0 N–H and O–H groups in total. The maximum atomic E-state index is 5.84. The molecule has 3 heteroatoms. The number of rotatable bonds is 10. The second-order valence-electron chi connectivity index (χ2n) is 7.11. The smallest absolute Gasteiger partial charge is 0.119 e. The molecule has 3 aromatic carbocycles. The molecule has 0 fully saturated rings. The van der Waals surface area contributed by atoms with Gasteiger partial charge in [0.25, 0.3) is 0 Å². The summed E-state index contributed by atoms with van der Waals surface area (Å²) < 4.78 is 5.84. The van der Waals surface area contributed by atoms with Crippen molar-refractivity contribution in [2.24, 2.45) is 4.99 Å². The molecule has 148 valence electrons. The van der Waals surface area contributed by atoms with Crippen LogP contribution in [-0.2, 0) is 12.8 Å². The molecule has 0 bridgehead atoms. The summed E-state index contributed by atoms with van der Waals surface area (Å²) in [5, 5.41) is 2.41. The van der Waals surface area contributed by atoms with Crippen molar-refractivity contribution in [2.45, 2.75) is 39.0 Å². The van der Waals surface area contributed by atoms with Crippen LogP contribution in [0.3, 0.4) is 0 Å². The van der Waals surface area contributed by atoms with Crippen LogP contribution in [-0.4, -0.2) is 11.8 Å². The van der Waals surface area contributed by atoms with Crippen LogP contribution in [0.5, 0.6) is 5.75 Å². The van der Waals surface area contributed by atoms with Crippen molar-refractivity contribution in [3.05, 3.63) is 83.9 Å². The van der Waals surface area contributed by atoms with E-state index in [1.807, 2.05) is 12.1 Å². The van der Waals surface area contributed by atoms with E-state index >= 15 is 0 Å². The molecule has 0 aliphatic carbocycles. The zero-order valence-corrected chi connectivity index (χ0v) is 17.8. The van der Waals surface area contributed by atoms with Crippen LogP contribution >= 0.6 is 12.2 Å². The lowest BCUT2D eigenvalue weighted by Gasteiger charge is -2.11. The van der Waals surface area contributed by atoms with E-state index in [9.17, 15) is 0 Å². The van der Waals surface area contributed by atoms with Crippen molar-refractivity contribution < 1.29 is 4.74 Å². The predicted molar refractivity (Wildman–Crippen MR) is 125 cm³/mol. The molecule has 29 heavy (non-hydrogen) atoms. The molecular formula is C26H27NOS. The SMILES string of the molecule is CCCCCOc1ccc(-c2ccccc2CCc2ccc(N=C=S)cc2)cc1. The van der Waals surface area contributed by atoms with Gasteiger partial charge in [0.2, 0.25) is 0 Å². The minimum absolute atomic E-state index is 0.790. The normalized spacial score (nSPS) is 10.4. The lowest BCUT2D eigenvalue weighted by Crippen LogP contribution is -1.97. The third kappa shape index (κ3) is 6.39. The molecule has 0 unspecified atom stereocenters. The van der Waals surface area contributed by atoms with Gasteiger partial charge in [-0.15, -0.1) is 0 Å². The number of benzene rings is 3. The molecule has 0 saturated heterocycles. The number of aliphatic imine (C=N–C) groups is 1. The Morgan fingerprint density at radius 1 is 0.862 bits per heavy atom. The van der Waals surface area contributed by atoms with E-state index in [2.05, 4.69) is 90.0 Å². The van der Waals surface area contributed by atoms with Crippen molar-refractivity contribution in [3.8, 4) is 16.9 Å². The van der Waals surface area contributed by atoms with Crippen LogP contribution in [0.4, 0.5) is 5.69 Å². The maximum Gasteiger partial charge on any atom is 0.119 e. The van der Waals surface area contributed by atoms with Gasteiger partial charge < -0.3 is 4.74 Å². The summed E-state index contributed by atoms with van der Waals surface area (Å²) >= 11 is 4.66. The van der Waals surface area contributed by atoms with Crippen molar-refractivity contribution >= 4 is 23.1 Å². The fraction of sp³-hybridized carbons (Fsp3) is 0.269. The molecule has 0 aliphatic heterocycles. The van der Waals surface area contributed by atoms with Crippen LogP contribution in [0.25, 0.3) is 11.1 Å². The number of hydrogen-bond donors (Lipinski definition) is 0. The number of nitrogens with zero attached hydrogens (tertiary/aromatic N) is 1. The summed E-state index contributed by atoms with van der Waals surface area (Å²) in [6, 6.07) is 25.3. The largest absolute Gasteiger partial charge is 0.494 e. The molecule has 0 atom stereocenters. The molecule has 3 rings (SSSR count). The summed E-state index contributed by atoms with van der Waals surface area (Å²) in [5.74, 6) is 0.946. The first-order chi connectivity index (χ1) is 14.3. The topological polar surface area (TPSA) is 21.6 Å². The standard InChI is InChI=1S/C26H27NOS/c1-2-3-6-19-28-25-17-13-23(14-18-25)26-8-5-4-7-22(26)12-9-21-10-15-24(16-11-21)27-20-29/h4-5,7-8,10-11,13-18H,2-3,6,9,12,19H2,1H3. The Morgan fingerprint density at radius 3 is 2.34 bits per heavy atom. The predicted octanol–water partition coefficient (Wildman–Crippen LogP) is 7.44. The van der Waals surface area contributed by atoms with Crippen LogP contribution in [0.1, 0.15) is 37.3 Å². The van der Waals surface area contributed by atoms with E-state index in [-0.39, 0.29) is 0 Å². The summed E-state index contributed by atoms with van der Waals surface area (Å²) in [4.78, 5) is 4.01. The highest BCUT2D eigenvalue weighted by Gasteiger charge is 2.06. The van der Waals surface area contributed by atoms with E-state index in [0.29, 0.717) is 0 Å². The van der Waals surface area contributed by atoms with E-state index in [0.717, 1.165) is 37.3 Å². The summed E-state index contributed by atoms with van der Waals surface area (Å²) in [5.41, 5.74) is 6.00. The van der Waals surface area contributed by atoms with Gasteiger partial charge in [-0.1, -0.05) is 68.3 Å². The second-order valence-corrected chi connectivity index (χ2v) is 7.29. The summed E-state index contributed by atoms with van der Waals surface area (Å²) in [6.07, 6.45) is 5.51. The third-order valence-electron chi connectivity index (χ3n) is 4.99. The fourth-order valence-electron chi connectivity index (χ4n) is 3.36. The number of ether oxygens (including phenoxy) is 1. The summed E-state index contributed by atoms with van der Waals surface area (Å²) in [6.45, 7) is 3.00. The number of thiocarbonyl (C=S) groups is 1. The van der Waals surface area contributed by atoms with Crippen molar-refractivity contribution in [1.82, 2.24) is 0 Å². The van der Waals surface area contributed by atoms with E-state index < -0.39 is 0 Å². The van der Waals surface area contributed by atoms with Gasteiger partial charge in [0.15, 0.2) is 0 Å². The van der Waals surface area contributed by atoms with Crippen molar-refractivity contribution in [3.63, 3.8) is 0 Å². The highest BCUT2D eigenvalue weighted by molar-refractivity contribution is 7.78. The van der Waals surface area contributed by atoms with Crippen molar-refractivity contribution in [2.75, 3.05) is 6.61 Å². The molecule has 0 aromatic heterocycles. The minimum Gasteiger partial charge on any atom is -0.494 e. The number of isothiocyanates is 1. The van der Waals surface area contributed by atoms with E-state index in [1.54, 1.807) is 0 Å². The van der Waals surface area contributed by atoms with Gasteiger partial charge in [0.05, 0.1) is 17.5 Å². The number of hydrogen-bond acceptors (Lipinski definition) is 3. The van der Waals surface area contributed by atoms with Gasteiger partial charge in [-0.3, -0.25) is 0 Å². The van der Waals surface area contributed by atoms with Crippen LogP contribution < -0.4 is 4.74 Å². The number of aryl methyl sites for hydroxylation is 2. The highest BCUT2D eigenvalue weighted by Crippen LogP contribution is 2.27. The van der Waals surface area contributed by atoms with Gasteiger partial charge in [0.1, 0.15) is 5.75 Å². The monoisotopic (exact) mass is 401 g/mol. The van der Waals surface area contributed by atoms with Crippen LogP contribution in [0.15, 0.2) is 77.8 Å². The molecule has 0 radical (unpaired) electrons. The first-order valence-corrected chi connectivity index (χ1v) is 10.7. The Balaban J connectivity index is 1.66. The zero-order chi connectivity index (χ0) is 20.3. The third-order valence-corrected chi connectivity index (χ3v) is 5.08. The first kappa shape index (κ1) is 21.0. The fourth-order valence-corrected chi connectivity index (χ4v) is 3.47. The molecule has 0 spiro atoms. The Kier molecular flexibility index (Phi) is 8.18. The maximum absolute atomic E-state index is 5.84. The Hall–Kier alpha value is -2.74. The molecule has 2 nitrogen and oxygen atoms in total. The van der Waals surface area contributed by atoms with Gasteiger partial charge >= 0.3 is 0 Å². The molecule has 3 aromatic rings. The average molecular weight is 402 g/mol. The average Bonchev–Trinajstić information content (AvgIpc) is 2.77. The molecule has 0 aliphatic rings. The number of unbranched alkanes of at least 4 members (excludes halogenated alkanes) is 2. The Morgan fingerprint density at radius 2 is 1.62 bits per heavy atom. The molecular weight excluding hydrogens is 374 g/mol. The van der Waals surface area contributed by atoms with Crippen LogP contribution in [0, 0.1) is 0 Å². The Bertz CT molecular complexity index is 941. The molecule has 0 saturated carbocycles. The van der Waals surface area contributed by atoms with E-state index in [4.69, 9.17) is 4.74 Å². The van der Waals surface area contributed by atoms with Gasteiger partial charge in [-0.2, -0.15) is 4.99 Å². The van der Waals surface area contributed by atoms with Crippen LogP contribution in [0.2, 0.25) is 0 Å². The van der Waals surface area contributed by atoms with Gasteiger partial charge in [-0.25, -0.2) is 0 Å². The Labute approximate surface area is 179 Å². The molecule has 0 heterocycles. The zero-order valence-electron chi connectivity index (χ0n) is 16.9.